The van der Waals surface area contributed by atoms with Gasteiger partial charge in [0.2, 0.25) is 0 Å². The molecule has 3 nitrogen and oxygen atoms in total. The van der Waals surface area contributed by atoms with Gasteiger partial charge >= 0.3 is 0 Å². The Morgan fingerprint density at radius 3 is 1.64 bits per heavy atom. The summed E-state index contributed by atoms with van der Waals surface area (Å²) in [5.41, 5.74) is 13.8. The smallest absolute Gasteiger partial charge is 0.139 e. The van der Waals surface area contributed by atoms with E-state index in [1.54, 1.807) is 0 Å². The van der Waals surface area contributed by atoms with Gasteiger partial charge in [-0.15, -0.1) is 0 Å². The normalized spacial score (nSPS) is 13.8. The Morgan fingerprint density at radius 2 is 1.02 bits per heavy atom. The number of benzene rings is 6. The molecule has 0 spiro atoms. The highest BCUT2D eigenvalue weighted by Gasteiger charge is 2.20. The third-order valence-electron chi connectivity index (χ3n) is 9.38. The fraction of sp³-hybridized carbons (Fsp3) is 0.0682. The highest BCUT2D eigenvalue weighted by molar-refractivity contribution is 6.17. The van der Waals surface area contributed by atoms with Gasteiger partial charge in [-0.1, -0.05) is 110 Å². The van der Waals surface area contributed by atoms with Crippen LogP contribution >= 0.6 is 0 Å². The fourth-order valence-electron chi connectivity index (χ4n) is 6.93. The van der Waals surface area contributed by atoms with E-state index in [0.717, 1.165) is 79.3 Å². The summed E-state index contributed by atoms with van der Waals surface area (Å²) in [7, 11) is 0. The highest BCUT2D eigenvalue weighted by atomic mass is 16.3. The number of nitrogens with zero attached hydrogens (tertiary/aromatic N) is 1. The maximum Gasteiger partial charge on any atom is 0.139 e. The lowest BCUT2D eigenvalue weighted by atomic mass is 9.92. The standard InChI is InChI=1S/C44H31NO2/c1-2-28-24-39(45-40(31-16-10-5-11-17-31)26-34(28)30-14-8-4-9-15-30)33-19-21-42-36(23-33)38-25-37-35-22-32(29-12-6-3-7-13-29)18-20-41(35)46-43(37)27-44(38)47-42/h3-23,25-27H,2,24H2,1H3. The molecule has 0 radical (unpaired) electrons. The maximum absolute atomic E-state index is 6.40. The Morgan fingerprint density at radius 1 is 0.489 bits per heavy atom. The molecule has 2 aromatic heterocycles. The van der Waals surface area contributed by atoms with Crippen molar-refractivity contribution in [1.82, 2.24) is 0 Å². The molecule has 3 heterocycles. The number of rotatable bonds is 5. The van der Waals surface area contributed by atoms with Crippen molar-refractivity contribution in [2.45, 2.75) is 19.8 Å². The van der Waals surface area contributed by atoms with E-state index in [4.69, 9.17) is 13.8 Å². The molecule has 6 aromatic carbocycles. The summed E-state index contributed by atoms with van der Waals surface area (Å²) in [6.45, 7) is 2.24. The topological polar surface area (TPSA) is 38.6 Å². The van der Waals surface area contributed by atoms with Crippen molar-refractivity contribution in [2.24, 2.45) is 4.99 Å². The first-order valence-electron chi connectivity index (χ1n) is 16.2. The average Bonchev–Trinajstić information content (AvgIpc) is 3.60. The molecule has 1 aliphatic rings. The van der Waals surface area contributed by atoms with Crippen LogP contribution in [0.25, 0.3) is 66.3 Å². The summed E-state index contributed by atoms with van der Waals surface area (Å²) in [6.07, 6.45) is 3.98. The zero-order valence-corrected chi connectivity index (χ0v) is 26.0. The molecular weight excluding hydrogens is 574 g/mol. The van der Waals surface area contributed by atoms with Crippen molar-refractivity contribution in [3.63, 3.8) is 0 Å². The predicted molar refractivity (Wildman–Crippen MR) is 196 cm³/mol. The molecule has 3 heteroatoms. The van der Waals surface area contributed by atoms with Gasteiger partial charge in [-0.25, -0.2) is 0 Å². The second-order valence-corrected chi connectivity index (χ2v) is 12.2. The molecule has 9 rings (SSSR count). The number of furan rings is 2. The van der Waals surface area contributed by atoms with E-state index in [2.05, 4.69) is 140 Å². The molecule has 224 valence electrons. The zero-order valence-electron chi connectivity index (χ0n) is 26.0. The van der Waals surface area contributed by atoms with Crippen LogP contribution < -0.4 is 0 Å². The monoisotopic (exact) mass is 605 g/mol. The summed E-state index contributed by atoms with van der Waals surface area (Å²) in [6, 6.07) is 48.9. The second-order valence-electron chi connectivity index (χ2n) is 12.2. The van der Waals surface area contributed by atoms with Gasteiger partial charge in [0.15, 0.2) is 0 Å². The number of hydrogen-bond acceptors (Lipinski definition) is 3. The van der Waals surface area contributed by atoms with Gasteiger partial charge in [0.1, 0.15) is 22.3 Å². The van der Waals surface area contributed by atoms with Crippen LogP contribution in [0.5, 0.6) is 0 Å². The minimum Gasteiger partial charge on any atom is -0.456 e. The molecule has 0 atom stereocenters. The predicted octanol–water partition coefficient (Wildman–Crippen LogP) is 12.3. The molecule has 1 aliphatic heterocycles. The molecule has 0 bridgehead atoms. The van der Waals surface area contributed by atoms with Crippen molar-refractivity contribution in [3.05, 3.63) is 168 Å². The molecule has 8 aromatic rings. The summed E-state index contributed by atoms with van der Waals surface area (Å²) in [4.78, 5) is 5.37. The quantitative estimate of drug-likeness (QED) is 0.196. The largest absolute Gasteiger partial charge is 0.456 e. The van der Waals surface area contributed by atoms with Gasteiger partial charge in [-0.2, -0.15) is 0 Å². The van der Waals surface area contributed by atoms with E-state index in [9.17, 15) is 0 Å². The van der Waals surface area contributed by atoms with Crippen LogP contribution in [0.1, 0.15) is 36.5 Å². The van der Waals surface area contributed by atoms with E-state index in [1.165, 1.54) is 27.8 Å². The van der Waals surface area contributed by atoms with Crippen LogP contribution in [-0.4, -0.2) is 5.71 Å². The second kappa shape index (κ2) is 11.1. The third kappa shape index (κ3) is 4.79. The summed E-state index contributed by atoms with van der Waals surface area (Å²) in [5.74, 6) is 0. The highest BCUT2D eigenvalue weighted by Crippen LogP contribution is 2.39. The molecule has 47 heavy (non-hydrogen) atoms. The van der Waals surface area contributed by atoms with Crippen LogP contribution in [0.3, 0.4) is 0 Å². The van der Waals surface area contributed by atoms with Crippen LogP contribution in [0.4, 0.5) is 0 Å². The van der Waals surface area contributed by atoms with Crippen LogP contribution in [0.15, 0.2) is 165 Å². The van der Waals surface area contributed by atoms with Crippen molar-refractivity contribution in [1.29, 1.82) is 0 Å². The van der Waals surface area contributed by atoms with Gasteiger partial charge in [0.25, 0.3) is 0 Å². The third-order valence-corrected chi connectivity index (χ3v) is 9.38. The Kier molecular flexibility index (Phi) is 6.50. The van der Waals surface area contributed by atoms with E-state index < -0.39 is 0 Å². The van der Waals surface area contributed by atoms with Crippen LogP contribution in [0.2, 0.25) is 0 Å². The van der Waals surface area contributed by atoms with Crippen molar-refractivity contribution < 1.29 is 8.83 Å². The van der Waals surface area contributed by atoms with E-state index in [-0.39, 0.29) is 0 Å². The molecular formula is C44H31NO2. The van der Waals surface area contributed by atoms with Crippen molar-refractivity contribution >= 4 is 60.9 Å². The number of allylic oxidation sites excluding steroid dienone is 3. The Bertz CT molecular complexity index is 2550. The first-order valence-corrected chi connectivity index (χ1v) is 16.2. The molecule has 0 unspecified atom stereocenters. The average molecular weight is 606 g/mol. The summed E-state index contributed by atoms with van der Waals surface area (Å²) < 4.78 is 12.7. The minimum absolute atomic E-state index is 0.772. The first kappa shape index (κ1) is 27.4. The maximum atomic E-state index is 6.40. The van der Waals surface area contributed by atoms with Gasteiger partial charge in [0, 0.05) is 39.6 Å². The Balaban J connectivity index is 1.21. The van der Waals surface area contributed by atoms with Crippen LogP contribution in [-0.2, 0) is 0 Å². The van der Waals surface area contributed by atoms with Crippen molar-refractivity contribution in [3.8, 4) is 11.1 Å². The summed E-state index contributed by atoms with van der Waals surface area (Å²) in [5, 5.41) is 4.34. The van der Waals surface area contributed by atoms with Gasteiger partial charge in [-0.3, -0.25) is 4.99 Å². The number of aliphatic imine (C=N–C) groups is 1. The van der Waals surface area contributed by atoms with E-state index in [0.29, 0.717) is 0 Å². The lowest BCUT2D eigenvalue weighted by Gasteiger charge is -2.11. The molecule has 0 fully saturated rings. The summed E-state index contributed by atoms with van der Waals surface area (Å²) >= 11 is 0. The van der Waals surface area contributed by atoms with E-state index >= 15 is 0 Å². The Labute approximate surface area is 272 Å². The van der Waals surface area contributed by atoms with Gasteiger partial charge < -0.3 is 8.83 Å². The number of hydrogen-bond donors (Lipinski definition) is 0. The fourth-order valence-corrected chi connectivity index (χ4v) is 6.93. The molecule has 0 aliphatic carbocycles. The molecule has 0 saturated heterocycles. The van der Waals surface area contributed by atoms with Crippen LogP contribution in [0, 0.1) is 0 Å². The lowest BCUT2D eigenvalue weighted by Crippen LogP contribution is -2.03. The first-order chi connectivity index (χ1) is 23.2. The van der Waals surface area contributed by atoms with Gasteiger partial charge in [0.05, 0.1) is 11.4 Å². The molecule has 0 saturated carbocycles. The van der Waals surface area contributed by atoms with Gasteiger partial charge in [-0.05, 0) is 76.7 Å². The molecule has 0 N–H and O–H groups in total. The molecule has 0 amide bonds. The lowest BCUT2D eigenvalue weighted by molar-refractivity contribution is 0.656. The Hall–Kier alpha value is -5.93. The van der Waals surface area contributed by atoms with Crippen molar-refractivity contribution in [2.75, 3.05) is 0 Å². The zero-order chi connectivity index (χ0) is 31.3. The SMILES string of the molecule is CCC1=C(c2ccccc2)C=C(c2ccccc2)N=C(c2ccc3oc4cc5oc6ccc(-c7ccccc7)cc6c5cc4c3c2)C1. The van der Waals surface area contributed by atoms with E-state index in [1.807, 2.05) is 12.1 Å². The minimum atomic E-state index is 0.772. The number of fused-ring (bicyclic) bond motifs is 6.